The normalized spacial score (nSPS) is 10.9. The Kier molecular flexibility index (Phi) is 8.32. The molecule has 0 bridgehead atoms. The first-order chi connectivity index (χ1) is 17.0. The van der Waals surface area contributed by atoms with Gasteiger partial charge in [0, 0.05) is 5.69 Å². The topological polar surface area (TPSA) is 96.5 Å². The van der Waals surface area contributed by atoms with Crippen molar-refractivity contribution in [1.82, 2.24) is 5.32 Å². The van der Waals surface area contributed by atoms with Crippen molar-refractivity contribution in [2.75, 3.05) is 17.2 Å². The Hall–Kier alpha value is -3.91. The monoisotopic (exact) mass is 505 g/mol. The summed E-state index contributed by atoms with van der Waals surface area (Å²) in [6, 6.07) is 16.3. The summed E-state index contributed by atoms with van der Waals surface area (Å²) in [5, 5.41) is 8.79. The van der Waals surface area contributed by atoms with Crippen LogP contribution in [0.4, 0.5) is 15.5 Å². The minimum atomic E-state index is -0.723. The van der Waals surface area contributed by atoms with E-state index in [-0.39, 0.29) is 23.1 Å². The van der Waals surface area contributed by atoms with Crippen LogP contribution in [0.15, 0.2) is 61.2 Å². The zero-order valence-corrected chi connectivity index (χ0v) is 22.0. The van der Waals surface area contributed by atoms with Crippen LogP contribution in [0.3, 0.4) is 0 Å². The van der Waals surface area contributed by atoms with Gasteiger partial charge >= 0.3 is 12.0 Å². The van der Waals surface area contributed by atoms with Gasteiger partial charge in [0.05, 0.1) is 22.6 Å². The number of hydrogen-bond acceptors (Lipinski definition) is 5. The zero-order chi connectivity index (χ0) is 26.5. The summed E-state index contributed by atoms with van der Waals surface area (Å²) in [6.45, 7) is 13.2. The molecule has 3 aromatic rings. The van der Waals surface area contributed by atoms with E-state index >= 15 is 0 Å². The highest BCUT2D eigenvalue weighted by Gasteiger charge is 2.29. The molecule has 3 rings (SSSR count). The van der Waals surface area contributed by atoms with Crippen LogP contribution in [-0.2, 0) is 10.3 Å². The van der Waals surface area contributed by atoms with Crippen molar-refractivity contribution in [3.05, 3.63) is 88.3 Å². The highest BCUT2D eigenvalue weighted by molar-refractivity contribution is 7.18. The number of hydrogen-bond donors (Lipinski definition) is 3. The molecule has 0 atom stereocenters. The molecule has 188 valence electrons. The molecule has 1 heterocycles. The van der Waals surface area contributed by atoms with Crippen LogP contribution >= 0.6 is 11.3 Å². The third kappa shape index (κ3) is 6.20. The number of thiophene rings is 1. The molecule has 0 aliphatic carbocycles. The van der Waals surface area contributed by atoms with Gasteiger partial charge in [0.25, 0.3) is 5.91 Å². The lowest BCUT2D eigenvalue weighted by Gasteiger charge is -2.27. The molecule has 0 fully saturated rings. The lowest BCUT2D eigenvalue weighted by molar-refractivity contribution is 0.0527. The van der Waals surface area contributed by atoms with E-state index < -0.39 is 17.5 Å². The minimum absolute atomic E-state index is 0.164. The summed E-state index contributed by atoms with van der Waals surface area (Å²) in [7, 11) is 0. The van der Waals surface area contributed by atoms with Crippen LogP contribution < -0.4 is 16.0 Å². The fourth-order valence-corrected chi connectivity index (χ4v) is 4.73. The highest BCUT2D eigenvalue weighted by Crippen LogP contribution is 2.34. The molecular weight excluding hydrogens is 474 g/mol. The number of ether oxygens (including phenoxy) is 1. The maximum atomic E-state index is 13.0. The van der Waals surface area contributed by atoms with E-state index in [0.717, 1.165) is 28.0 Å². The minimum Gasteiger partial charge on any atom is -0.462 e. The predicted octanol–water partition coefficient (Wildman–Crippen LogP) is 6.58. The fraction of sp³-hybridized carbons (Fsp3) is 0.250. The average Bonchev–Trinajstić information content (AvgIpc) is 3.15. The average molecular weight is 506 g/mol. The molecule has 0 unspecified atom stereocenters. The first-order valence-corrected chi connectivity index (χ1v) is 12.4. The summed E-state index contributed by atoms with van der Waals surface area (Å²) < 4.78 is 5.20. The van der Waals surface area contributed by atoms with Gasteiger partial charge in [-0.25, -0.2) is 9.59 Å². The van der Waals surface area contributed by atoms with Crippen molar-refractivity contribution < 1.29 is 19.1 Å². The Bertz CT molecular complexity index is 1300. The van der Waals surface area contributed by atoms with E-state index in [9.17, 15) is 14.4 Å². The SMILES string of the molecule is C=C(C)c1cccc(C(C)(C)NC(=O)Nc2sc(C(=O)Nc3ccccc3)c(C)c2C(=O)OCC)c1. The molecule has 7 nitrogen and oxygen atoms in total. The van der Waals surface area contributed by atoms with Gasteiger partial charge in [-0.3, -0.25) is 10.1 Å². The molecule has 0 radical (unpaired) electrons. The number of carbonyl (C=O) groups excluding carboxylic acids is 3. The number of allylic oxidation sites excluding steroid dienone is 1. The molecule has 0 spiro atoms. The van der Waals surface area contributed by atoms with Gasteiger partial charge in [-0.05, 0) is 69.5 Å². The third-order valence-electron chi connectivity index (χ3n) is 5.59. The molecule has 2 aromatic carbocycles. The summed E-state index contributed by atoms with van der Waals surface area (Å²) in [5.74, 6) is -0.978. The second kappa shape index (κ2) is 11.2. The van der Waals surface area contributed by atoms with Gasteiger partial charge in [0.1, 0.15) is 5.00 Å². The second-order valence-electron chi connectivity index (χ2n) is 8.87. The Morgan fingerprint density at radius 3 is 2.36 bits per heavy atom. The number of amides is 3. The van der Waals surface area contributed by atoms with Gasteiger partial charge in [-0.15, -0.1) is 11.3 Å². The lowest BCUT2D eigenvalue weighted by atomic mass is 9.92. The Morgan fingerprint density at radius 2 is 1.72 bits per heavy atom. The molecule has 36 heavy (non-hydrogen) atoms. The van der Waals surface area contributed by atoms with Crippen LogP contribution in [0, 0.1) is 6.92 Å². The molecule has 3 amide bonds. The quantitative estimate of drug-likeness (QED) is 0.302. The predicted molar refractivity (Wildman–Crippen MR) is 146 cm³/mol. The summed E-state index contributed by atoms with van der Waals surface area (Å²) in [4.78, 5) is 39.1. The summed E-state index contributed by atoms with van der Waals surface area (Å²) in [6.07, 6.45) is 0. The van der Waals surface area contributed by atoms with E-state index in [2.05, 4.69) is 22.5 Å². The number of nitrogens with one attached hydrogen (secondary N) is 3. The van der Waals surface area contributed by atoms with E-state index in [4.69, 9.17) is 4.74 Å². The van der Waals surface area contributed by atoms with E-state index in [1.165, 1.54) is 0 Å². The van der Waals surface area contributed by atoms with Crippen molar-refractivity contribution >= 4 is 45.5 Å². The largest absolute Gasteiger partial charge is 0.462 e. The van der Waals surface area contributed by atoms with E-state index in [1.54, 1.807) is 26.0 Å². The van der Waals surface area contributed by atoms with Crippen LogP contribution in [0.5, 0.6) is 0 Å². The molecule has 3 N–H and O–H groups in total. The van der Waals surface area contributed by atoms with Crippen molar-refractivity contribution in [3.63, 3.8) is 0 Å². The lowest BCUT2D eigenvalue weighted by Crippen LogP contribution is -2.43. The van der Waals surface area contributed by atoms with Crippen molar-refractivity contribution in [2.45, 2.75) is 40.2 Å². The van der Waals surface area contributed by atoms with Crippen LogP contribution in [0.2, 0.25) is 0 Å². The fourth-order valence-electron chi connectivity index (χ4n) is 3.64. The molecular formula is C28H31N3O4S. The van der Waals surface area contributed by atoms with Gasteiger partial charge in [-0.2, -0.15) is 0 Å². The molecule has 0 saturated heterocycles. The van der Waals surface area contributed by atoms with Crippen molar-refractivity contribution in [2.24, 2.45) is 0 Å². The summed E-state index contributed by atoms with van der Waals surface area (Å²) >= 11 is 1.03. The van der Waals surface area contributed by atoms with E-state index in [0.29, 0.717) is 16.1 Å². The molecule has 1 aromatic heterocycles. The zero-order valence-electron chi connectivity index (χ0n) is 21.2. The van der Waals surface area contributed by atoms with Crippen LogP contribution in [0.25, 0.3) is 5.57 Å². The van der Waals surface area contributed by atoms with Crippen molar-refractivity contribution in [3.8, 4) is 0 Å². The maximum Gasteiger partial charge on any atom is 0.341 e. The third-order valence-corrected chi connectivity index (χ3v) is 6.80. The Morgan fingerprint density at radius 1 is 1.03 bits per heavy atom. The molecule has 0 aliphatic heterocycles. The maximum absolute atomic E-state index is 13.0. The standard InChI is InChI=1S/C28H31N3O4S/c1-7-35-26(33)22-18(4)23(24(32)29-21-14-9-8-10-15-21)36-25(22)30-27(34)31-28(5,6)20-13-11-12-19(16-20)17(2)3/h8-16H,2,7H2,1,3-6H3,(H,29,32)(H2,30,31,34). The van der Waals surface area contributed by atoms with Crippen LogP contribution in [-0.4, -0.2) is 24.5 Å². The van der Waals surface area contributed by atoms with Gasteiger partial charge in [0.2, 0.25) is 0 Å². The number of benzene rings is 2. The Labute approximate surface area is 215 Å². The highest BCUT2D eigenvalue weighted by atomic mass is 32.1. The number of urea groups is 1. The number of para-hydroxylation sites is 1. The second-order valence-corrected chi connectivity index (χ2v) is 9.89. The molecule has 8 heteroatoms. The van der Waals surface area contributed by atoms with Crippen molar-refractivity contribution in [1.29, 1.82) is 0 Å². The number of anilines is 2. The number of carbonyl (C=O) groups is 3. The molecule has 0 aliphatic rings. The van der Waals surface area contributed by atoms with Gasteiger partial charge < -0.3 is 15.4 Å². The summed E-state index contributed by atoms with van der Waals surface area (Å²) in [5.41, 5.74) is 3.31. The first-order valence-electron chi connectivity index (χ1n) is 11.6. The first kappa shape index (κ1) is 26.7. The smallest absolute Gasteiger partial charge is 0.341 e. The van der Waals surface area contributed by atoms with Crippen LogP contribution in [0.1, 0.15) is 64.4 Å². The number of esters is 1. The molecule has 0 saturated carbocycles. The van der Waals surface area contributed by atoms with Gasteiger partial charge in [0.15, 0.2) is 0 Å². The van der Waals surface area contributed by atoms with Gasteiger partial charge in [-0.1, -0.05) is 48.6 Å². The Balaban J connectivity index is 1.87. The van der Waals surface area contributed by atoms with E-state index in [1.807, 2.05) is 63.2 Å². The number of rotatable bonds is 8.